The minimum atomic E-state index is -0.542. The monoisotopic (exact) mass is 358 g/mol. The fourth-order valence-electron chi connectivity index (χ4n) is 2.67. The highest BCUT2D eigenvalue weighted by Gasteiger charge is 2.14. The van der Waals surface area contributed by atoms with Crippen LogP contribution in [0.3, 0.4) is 0 Å². The predicted octanol–water partition coefficient (Wildman–Crippen LogP) is 2.19. The molecule has 0 aliphatic carbocycles. The Kier molecular flexibility index (Phi) is 4.46. The highest BCUT2D eigenvalue weighted by Crippen LogP contribution is 2.13. The van der Waals surface area contributed by atoms with E-state index in [0.717, 1.165) is 10.1 Å². The van der Waals surface area contributed by atoms with E-state index in [1.165, 1.54) is 23.8 Å². The van der Waals surface area contributed by atoms with Crippen molar-refractivity contribution in [1.29, 1.82) is 0 Å². The van der Waals surface area contributed by atoms with Crippen LogP contribution in [0.25, 0.3) is 10.9 Å². The first-order valence-electron chi connectivity index (χ1n) is 7.48. The van der Waals surface area contributed by atoms with Crippen molar-refractivity contribution in [2.45, 2.75) is 6.54 Å². The van der Waals surface area contributed by atoms with Crippen LogP contribution in [0, 0.1) is 0 Å². The molecular weight excluding hydrogens is 344 g/mol. The highest BCUT2D eigenvalue weighted by atomic mass is 35.5. The summed E-state index contributed by atoms with van der Waals surface area (Å²) in [7, 11) is 2.85. The van der Waals surface area contributed by atoms with Crippen LogP contribution in [0.2, 0.25) is 5.02 Å². The van der Waals surface area contributed by atoms with Gasteiger partial charge in [-0.25, -0.2) is 9.59 Å². The van der Waals surface area contributed by atoms with Crippen molar-refractivity contribution in [2.24, 2.45) is 7.05 Å². The molecule has 25 heavy (non-hydrogen) atoms. The third-order valence-electron chi connectivity index (χ3n) is 4.03. The maximum absolute atomic E-state index is 12.8. The fraction of sp³-hybridized carbons (Fsp3) is 0.167. The highest BCUT2D eigenvalue weighted by molar-refractivity contribution is 6.30. The topological polar surface area (TPSA) is 70.3 Å². The molecular formula is C18H15ClN2O4. The second-order valence-electron chi connectivity index (χ2n) is 5.58. The van der Waals surface area contributed by atoms with Gasteiger partial charge in [-0.3, -0.25) is 13.9 Å². The number of benzene rings is 2. The van der Waals surface area contributed by atoms with Crippen LogP contribution in [0.1, 0.15) is 15.9 Å². The lowest BCUT2D eigenvalue weighted by Gasteiger charge is -2.11. The lowest BCUT2D eigenvalue weighted by Crippen LogP contribution is -2.39. The molecule has 3 aromatic rings. The van der Waals surface area contributed by atoms with Gasteiger partial charge in [0, 0.05) is 12.1 Å². The minimum Gasteiger partial charge on any atom is -0.465 e. The number of nitrogens with zero attached hydrogens (tertiary/aromatic N) is 2. The van der Waals surface area contributed by atoms with Crippen LogP contribution in [0.5, 0.6) is 0 Å². The molecule has 0 aliphatic rings. The molecule has 0 saturated carbocycles. The summed E-state index contributed by atoms with van der Waals surface area (Å²) in [6.07, 6.45) is 0. The SMILES string of the molecule is COC(=O)c1ccc2c(c1)c(=O)n(Cc1ccc(Cl)cc1)c(=O)n2C. The molecule has 0 N–H and O–H groups in total. The first-order chi connectivity index (χ1) is 11.9. The molecule has 0 bridgehead atoms. The van der Waals surface area contributed by atoms with Crippen molar-refractivity contribution in [1.82, 2.24) is 9.13 Å². The van der Waals surface area contributed by atoms with Gasteiger partial charge in [-0.05, 0) is 35.9 Å². The normalized spacial score (nSPS) is 10.8. The Morgan fingerprint density at radius 2 is 1.80 bits per heavy atom. The van der Waals surface area contributed by atoms with E-state index in [0.29, 0.717) is 10.5 Å². The molecule has 0 saturated heterocycles. The fourth-order valence-corrected chi connectivity index (χ4v) is 2.80. The first kappa shape index (κ1) is 17.0. The lowest BCUT2D eigenvalue weighted by atomic mass is 10.1. The second-order valence-corrected chi connectivity index (χ2v) is 6.02. The van der Waals surface area contributed by atoms with Crippen molar-refractivity contribution in [3.05, 3.63) is 79.5 Å². The Morgan fingerprint density at radius 3 is 2.44 bits per heavy atom. The number of ether oxygens (including phenoxy) is 1. The van der Waals surface area contributed by atoms with Crippen molar-refractivity contribution >= 4 is 28.5 Å². The van der Waals surface area contributed by atoms with Gasteiger partial charge in [0.25, 0.3) is 5.56 Å². The van der Waals surface area contributed by atoms with Crippen LogP contribution in [-0.2, 0) is 18.3 Å². The standard InChI is InChI=1S/C18H15ClN2O4/c1-20-15-8-5-12(17(23)25-2)9-14(15)16(22)21(18(20)24)10-11-3-6-13(19)7-4-11/h3-9H,10H2,1-2H3. The van der Waals surface area contributed by atoms with Crippen molar-refractivity contribution in [2.75, 3.05) is 7.11 Å². The maximum atomic E-state index is 12.8. The van der Waals surface area contributed by atoms with Crippen molar-refractivity contribution < 1.29 is 9.53 Å². The molecule has 6 nitrogen and oxygen atoms in total. The second kappa shape index (κ2) is 6.57. The third-order valence-corrected chi connectivity index (χ3v) is 4.28. The molecule has 0 amide bonds. The van der Waals surface area contributed by atoms with Crippen LogP contribution in [0.15, 0.2) is 52.1 Å². The van der Waals surface area contributed by atoms with Crippen LogP contribution in [0.4, 0.5) is 0 Å². The summed E-state index contributed by atoms with van der Waals surface area (Å²) in [6.45, 7) is 0.112. The molecule has 3 rings (SSSR count). The average molecular weight is 359 g/mol. The number of carbonyl (C=O) groups is 1. The number of hydrogen-bond acceptors (Lipinski definition) is 4. The Balaban J connectivity index is 2.21. The first-order valence-corrected chi connectivity index (χ1v) is 7.86. The quantitative estimate of drug-likeness (QED) is 0.673. The number of hydrogen-bond donors (Lipinski definition) is 0. The summed E-state index contributed by atoms with van der Waals surface area (Å²) in [6, 6.07) is 11.4. The molecule has 1 heterocycles. The molecule has 1 aromatic heterocycles. The van der Waals surface area contributed by atoms with Gasteiger partial charge in [0.1, 0.15) is 0 Å². The number of methoxy groups -OCH3 is 1. The number of esters is 1. The summed E-state index contributed by atoms with van der Waals surface area (Å²) in [5.74, 6) is -0.542. The van der Waals surface area contributed by atoms with E-state index in [9.17, 15) is 14.4 Å². The maximum Gasteiger partial charge on any atom is 0.337 e. The summed E-state index contributed by atoms with van der Waals surface area (Å²) >= 11 is 5.86. The molecule has 128 valence electrons. The van der Waals surface area contributed by atoms with Crippen LogP contribution in [-0.4, -0.2) is 22.2 Å². The number of aromatic nitrogens is 2. The Labute approximate surface area is 147 Å². The zero-order valence-corrected chi connectivity index (χ0v) is 14.4. The number of rotatable bonds is 3. The molecule has 0 radical (unpaired) electrons. The lowest BCUT2D eigenvalue weighted by molar-refractivity contribution is 0.0601. The number of carbonyl (C=O) groups excluding carboxylic acids is 1. The van der Waals surface area contributed by atoms with E-state index in [1.54, 1.807) is 37.4 Å². The van der Waals surface area contributed by atoms with E-state index < -0.39 is 17.2 Å². The minimum absolute atomic E-state index is 0.112. The van der Waals surface area contributed by atoms with Crippen molar-refractivity contribution in [3.8, 4) is 0 Å². The summed E-state index contributed by atoms with van der Waals surface area (Å²) < 4.78 is 7.20. The van der Waals surface area contributed by atoms with E-state index in [2.05, 4.69) is 4.74 Å². The Hall–Kier alpha value is -2.86. The Morgan fingerprint density at radius 1 is 1.12 bits per heavy atom. The van der Waals surface area contributed by atoms with Gasteiger partial charge in [0.05, 0.1) is 30.1 Å². The van der Waals surface area contributed by atoms with E-state index >= 15 is 0 Å². The zero-order chi connectivity index (χ0) is 18.1. The molecule has 2 aromatic carbocycles. The number of halogens is 1. The van der Waals surface area contributed by atoms with Gasteiger partial charge in [-0.15, -0.1) is 0 Å². The molecule has 0 atom stereocenters. The Bertz CT molecular complexity index is 1080. The average Bonchev–Trinajstić information content (AvgIpc) is 2.63. The summed E-state index contributed by atoms with van der Waals surface area (Å²) in [4.78, 5) is 37.1. The summed E-state index contributed by atoms with van der Waals surface area (Å²) in [5.41, 5.74) is 0.586. The number of aryl methyl sites for hydroxylation is 1. The zero-order valence-electron chi connectivity index (χ0n) is 13.7. The van der Waals surface area contributed by atoms with Crippen LogP contribution < -0.4 is 11.2 Å². The van der Waals surface area contributed by atoms with E-state index in [1.807, 2.05) is 0 Å². The van der Waals surface area contributed by atoms with Crippen LogP contribution >= 0.6 is 11.6 Å². The van der Waals surface area contributed by atoms with E-state index in [4.69, 9.17) is 11.6 Å². The smallest absolute Gasteiger partial charge is 0.337 e. The number of fused-ring (bicyclic) bond motifs is 1. The third kappa shape index (κ3) is 3.08. The predicted molar refractivity (Wildman–Crippen MR) is 95.3 cm³/mol. The molecule has 0 aliphatic heterocycles. The van der Waals surface area contributed by atoms with Gasteiger partial charge in [-0.2, -0.15) is 0 Å². The molecule has 0 fully saturated rings. The largest absolute Gasteiger partial charge is 0.465 e. The van der Waals surface area contributed by atoms with E-state index in [-0.39, 0.29) is 17.5 Å². The van der Waals surface area contributed by atoms with Gasteiger partial charge in [0.2, 0.25) is 0 Å². The molecule has 7 heteroatoms. The molecule has 0 unspecified atom stereocenters. The van der Waals surface area contributed by atoms with Crippen molar-refractivity contribution in [3.63, 3.8) is 0 Å². The summed E-state index contributed by atoms with van der Waals surface area (Å²) in [5, 5.41) is 0.851. The van der Waals surface area contributed by atoms with Gasteiger partial charge in [0.15, 0.2) is 0 Å². The van der Waals surface area contributed by atoms with Gasteiger partial charge in [-0.1, -0.05) is 23.7 Å². The molecule has 0 spiro atoms. The van der Waals surface area contributed by atoms with Gasteiger partial charge < -0.3 is 4.74 Å². The van der Waals surface area contributed by atoms with Gasteiger partial charge >= 0.3 is 11.7 Å².